The van der Waals surface area contributed by atoms with Crippen molar-refractivity contribution in [2.75, 3.05) is 31.1 Å². The second kappa shape index (κ2) is 7.20. The Kier molecular flexibility index (Phi) is 4.77. The number of carbonyl (C=O) groups is 1. The lowest BCUT2D eigenvalue weighted by Crippen LogP contribution is -2.48. The van der Waals surface area contributed by atoms with Gasteiger partial charge in [-0.25, -0.2) is 0 Å². The fourth-order valence-electron chi connectivity index (χ4n) is 3.51. The van der Waals surface area contributed by atoms with Crippen LogP contribution < -0.4 is 4.90 Å². The summed E-state index contributed by atoms with van der Waals surface area (Å²) in [6, 6.07) is 11.8. The van der Waals surface area contributed by atoms with Crippen LogP contribution in [0.1, 0.15) is 30.8 Å². The summed E-state index contributed by atoms with van der Waals surface area (Å²) < 4.78 is 5.82. The SMILES string of the molecule is CC1CC1c1ccc(/C=C/C(=O)N2CCN(c3ccccc3Cl)CC2)o1. The molecule has 0 spiro atoms. The van der Waals surface area contributed by atoms with Gasteiger partial charge < -0.3 is 14.2 Å². The molecule has 1 aromatic carbocycles. The zero-order valence-electron chi connectivity index (χ0n) is 14.9. The van der Waals surface area contributed by atoms with Crippen molar-refractivity contribution in [3.8, 4) is 0 Å². The standard InChI is InChI=1S/C21H23ClN2O2/c1-15-14-17(15)20-8-6-16(26-20)7-9-21(25)24-12-10-23(11-13-24)19-5-3-2-4-18(19)22/h2-9,15,17H,10-14H2,1H3/b9-7+. The summed E-state index contributed by atoms with van der Waals surface area (Å²) in [5.74, 6) is 3.10. The van der Waals surface area contributed by atoms with Crippen molar-refractivity contribution in [3.05, 3.63) is 59.0 Å². The number of halogens is 1. The molecule has 4 nitrogen and oxygen atoms in total. The van der Waals surface area contributed by atoms with Crippen LogP contribution in [-0.4, -0.2) is 37.0 Å². The predicted molar refractivity (Wildman–Crippen MR) is 105 cm³/mol. The Labute approximate surface area is 159 Å². The van der Waals surface area contributed by atoms with Gasteiger partial charge in [0.1, 0.15) is 11.5 Å². The molecule has 2 atom stereocenters. The molecule has 0 bridgehead atoms. The second-order valence-corrected chi connectivity index (χ2v) is 7.56. The molecule has 1 amide bonds. The molecule has 0 N–H and O–H groups in total. The van der Waals surface area contributed by atoms with Gasteiger partial charge >= 0.3 is 0 Å². The third-order valence-electron chi connectivity index (χ3n) is 5.30. The van der Waals surface area contributed by atoms with Crippen molar-refractivity contribution in [1.82, 2.24) is 4.90 Å². The molecule has 2 fully saturated rings. The summed E-state index contributed by atoms with van der Waals surface area (Å²) >= 11 is 6.27. The zero-order valence-corrected chi connectivity index (χ0v) is 15.7. The minimum atomic E-state index is 0.0292. The highest BCUT2D eigenvalue weighted by atomic mass is 35.5. The number of amides is 1. The van der Waals surface area contributed by atoms with E-state index in [1.807, 2.05) is 41.3 Å². The third kappa shape index (κ3) is 3.65. The van der Waals surface area contributed by atoms with Gasteiger partial charge in [0.05, 0.1) is 10.7 Å². The minimum Gasteiger partial charge on any atom is -0.461 e. The zero-order chi connectivity index (χ0) is 18.1. The van der Waals surface area contributed by atoms with Gasteiger partial charge in [0, 0.05) is 38.2 Å². The number of nitrogens with zero attached hydrogens (tertiary/aromatic N) is 2. The topological polar surface area (TPSA) is 36.7 Å². The van der Waals surface area contributed by atoms with Gasteiger partial charge in [-0.05, 0) is 42.7 Å². The first-order valence-electron chi connectivity index (χ1n) is 9.18. The van der Waals surface area contributed by atoms with Crippen molar-refractivity contribution >= 4 is 29.3 Å². The number of benzene rings is 1. The molecular weight excluding hydrogens is 348 g/mol. The summed E-state index contributed by atoms with van der Waals surface area (Å²) in [7, 11) is 0. The Balaban J connectivity index is 1.32. The molecule has 0 radical (unpaired) electrons. The maximum atomic E-state index is 12.4. The van der Waals surface area contributed by atoms with Crippen LogP contribution in [-0.2, 0) is 4.79 Å². The van der Waals surface area contributed by atoms with E-state index in [2.05, 4.69) is 11.8 Å². The number of hydrogen-bond donors (Lipinski definition) is 0. The molecule has 1 aliphatic heterocycles. The van der Waals surface area contributed by atoms with Crippen LogP contribution in [0.2, 0.25) is 5.02 Å². The van der Waals surface area contributed by atoms with Crippen LogP contribution in [0.3, 0.4) is 0 Å². The number of hydrogen-bond acceptors (Lipinski definition) is 3. The van der Waals surface area contributed by atoms with Crippen LogP contribution in [0.25, 0.3) is 6.08 Å². The van der Waals surface area contributed by atoms with Crippen molar-refractivity contribution in [3.63, 3.8) is 0 Å². The van der Waals surface area contributed by atoms with Crippen LogP contribution in [0.5, 0.6) is 0 Å². The van der Waals surface area contributed by atoms with Gasteiger partial charge in [-0.15, -0.1) is 0 Å². The molecule has 5 heteroatoms. The highest BCUT2D eigenvalue weighted by Gasteiger charge is 2.36. The summed E-state index contributed by atoms with van der Waals surface area (Å²) in [6.45, 7) is 5.19. The lowest BCUT2D eigenvalue weighted by Gasteiger charge is -2.36. The van der Waals surface area contributed by atoms with Crippen molar-refractivity contribution in [2.45, 2.75) is 19.3 Å². The molecule has 1 saturated heterocycles. The van der Waals surface area contributed by atoms with E-state index in [0.29, 0.717) is 24.9 Å². The molecule has 1 saturated carbocycles. The maximum absolute atomic E-state index is 12.4. The van der Waals surface area contributed by atoms with E-state index in [0.717, 1.165) is 35.3 Å². The van der Waals surface area contributed by atoms with Crippen molar-refractivity contribution < 1.29 is 9.21 Å². The number of furan rings is 1. The average Bonchev–Trinajstić information content (AvgIpc) is 3.20. The molecule has 1 aromatic heterocycles. The number of rotatable bonds is 4. The molecule has 2 aliphatic rings. The van der Waals surface area contributed by atoms with Gasteiger partial charge in [0.2, 0.25) is 5.91 Å². The lowest BCUT2D eigenvalue weighted by molar-refractivity contribution is -0.126. The summed E-state index contributed by atoms with van der Waals surface area (Å²) in [5.41, 5.74) is 1.04. The first-order valence-corrected chi connectivity index (χ1v) is 9.56. The Morgan fingerprint density at radius 1 is 1.15 bits per heavy atom. The van der Waals surface area contributed by atoms with E-state index in [1.165, 1.54) is 6.42 Å². The number of para-hydroxylation sites is 1. The van der Waals surface area contributed by atoms with E-state index in [9.17, 15) is 4.79 Å². The number of piperazine rings is 1. The van der Waals surface area contributed by atoms with E-state index < -0.39 is 0 Å². The van der Waals surface area contributed by atoms with E-state index in [1.54, 1.807) is 12.2 Å². The first-order chi connectivity index (χ1) is 12.6. The monoisotopic (exact) mass is 370 g/mol. The Morgan fingerprint density at radius 2 is 1.88 bits per heavy atom. The number of carbonyl (C=O) groups excluding carboxylic acids is 1. The smallest absolute Gasteiger partial charge is 0.246 e. The summed E-state index contributed by atoms with van der Waals surface area (Å²) in [5, 5.41) is 0.755. The Bertz CT molecular complexity index is 821. The molecule has 2 aromatic rings. The normalized spacial score (nSPS) is 22.8. The van der Waals surface area contributed by atoms with Crippen LogP contribution in [0.15, 0.2) is 46.9 Å². The quantitative estimate of drug-likeness (QED) is 0.747. The van der Waals surface area contributed by atoms with Gasteiger partial charge in [-0.3, -0.25) is 4.79 Å². The highest BCUT2D eigenvalue weighted by molar-refractivity contribution is 6.33. The number of anilines is 1. The van der Waals surface area contributed by atoms with Crippen LogP contribution >= 0.6 is 11.6 Å². The van der Waals surface area contributed by atoms with E-state index in [-0.39, 0.29) is 5.91 Å². The fraction of sp³-hybridized carbons (Fsp3) is 0.381. The first kappa shape index (κ1) is 17.2. The van der Waals surface area contributed by atoms with Gasteiger partial charge in [0.15, 0.2) is 0 Å². The highest BCUT2D eigenvalue weighted by Crippen LogP contribution is 2.47. The summed E-state index contributed by atoms with van der Waals surface area (Å²) in [6.07, 6.45) is 4.59. The van der Waals surface area contributed by atoms with E-state index in [4.69, 9.17) is 16.0 Å². The van der Waals surface area contributed by atoms with Crippen molar-refractivity contribution in [2.24, 2.45) is 5.92 Å². The third-order valence-corrected chi connectivity index (χ3v) is 5.62. The lowest BCUT2D eigenvalue weighted by atomic mass is 10.2. The van der Waals surface area contributed by atoms with Crippen LogP contribution in [0, 0.1) is 5.92 Å². The van der Waals surface area contributed by atoms with Crippen molar-refractivity contribution in [1.29, 1.82) is 0 Å². The molecule has 136 valence electrons. The molecule has 2 unspecified atom stereocenters. The van der Waals surface area contributed by atoms with Gasteiger partial charge in [0.25, 0.3) is 0 Å². The Morgan fingerprint density at radius 3 is 2.58 bits per heavy atom. The van der Waals surface area contributed by atoms with Gasteiger partial charge in [-0.1, -0.05) is 30.7 Å². The average molecular weight is 371 g/mol. The molecule has 4 rings (SSSR count). The van der Waals surface area contributed by atoms with Crippen LogP contribution in [0.4, 0.5) is 5.69 Å². The molecule has 26 heavy (non-hydrogen) atoms. The fourth-order valence-corrected chi connectivity index (χ4v) is 3.77. The predicted octanol–water partition coefficient (Wildman–Crippen LogP) is 4.42. The largest absolute Gasteiger partial charge is 0.461 e. The van der Waals surface area contributed by atoms with E-state index >= 15 is 0 Å². The second-order valence-electron chi connectivity index (χ2n) is 7.16. The molecular formula is C21H23ClN2O2. The maximum Gasteiger partial charge on any atom is 0.246 e. The Hall–Kier alpha value is -2.20. The minimum absolute atomic E-state index is 0.0292. The van der Waals surface area contributed by atoms with Gasteiger partial charge in [-0.2, -0.15) is 0 Å². The summed E-state index contributed by atoms with van der Waals surface area (Å²) in [4.78, 5) is 16.5. The molecule has 1 aliphatic carbocycles. The molecule has 2 heterocycles.